The maximum absolute atomic E-state index is 12.3. The molecule has 2 rings (SSSR count). The van der Waals surface area contributed by atoms with Crippen molar-refractivity contribution in [1.29, 1.82) is 0 Å². The number of nitrogens with one attached hydrogen (secondary N) is 1. The Balaban J connectivity index is 2.06. The molecule has 1 aliphatic carbocycles. The lowest BCUT2D eigenvalue weighted by Crippen LogP contribution is -2.48. The van der Waals surface area contributed by atoms with Crippen LogP contribution in [-0.4, -0.2) is 16.4 Å². The molecule has 0 saturated heterocycles. The van der Waals surface area contributed by atoms with Crippen molar-refractivity contribution in [2.24, 2.45) is 5.73 Å². The number of carbonyl (C=O) groups is 1. The van der Waals surface area contributed by atoms with Crippen molar-refractivity contribution in [2.45, 2.75) is 37.4 Å². The van der Waals surface area contributed by atoms with E-state index in [1.165, 1.54) is 6.07 Å². The Labute approximate surface area is 108 Å². The second-order valence-corrected chi connectivity index (χ2v) is 4.75. The zero-order valence-electron chi connectivity index (χ0n) is 10.1. The lowest BCUT2D eigenvalue weighted by molar-refractivity contribution is -0.141. The van der Waals surface area contributed by atoms with Crippen LogP contribution in [-0.2, 0) is 11.0 Å². The predicted octanol–water partition coefficient (Wildman–Crippen LogP) is 2.31. The summed E-state index contributed by atoms with van der Waals surface area (Å²) in [6.45, 7) is 0. The van der Waals surface area contributed by atoms with Gasteiger partial charge in [0.05, 0.1) is 17.4 Å². The van der Waals surface area contributed by atoms with Crippen molar-refractivity contribution in [3.05, 3.63) is 24.0 Å². The van der Waals surface area contributed by atoms with Gasteiger partial charge in [-0.25, -0.2) is 4.98 Å². The molecule has 0 atom stereocenters. The number of anilines is 1. The molecule has 0 unspecified atom stereocenters. The minimum atomic E-state index is -4.48. The van der Waals surface area contributed by atoms with Crippen molar-refractivity contribution >= 4 is 11.6 Å². The molecule has 1 heterocycles. The van der Waals surface area contributed by atoms with Crippen LogP contribution < -0.4 is 11.1 Å². The summed E-state index contributed by atoms with van der Waals surface area (Å²) < 4.78 is 37.0. The quantitative estimate of drug-likeness (QED) is 0.868. The van der Waals surface area contributed by atoms with Crippen molar-refractivity contribution in [3.8, 4) is 0 Å². The zero-order valence-corrected chi connectivity index (χ0v) is 10.1. The van der Waals surface area contributed by atoms with Crippen molar-refractivity contribution in [2.75, 3.05) is 5.32 Å². The van der Waals surface area contributed by atoms with Crippen molar-refractivity contribution in [3.63, 3.8) is 0 Å². The standard InChI is InChI=1S/C12H14F3N3O/c13-12(14,15)9-4-3-8(7-17-9)18-10(19)11(16)5-1-2-6-11/h3-4,7H,1-2,5-6,16H2,(H,18,19). The van der Waals surface area contributed by atoms with E-state index < -0.39 is 17.4 Å². The fraction of sp³-hybridized carbons (Fsp3) is 0.500. The van der Waals surface area contributed by atoms with Gasteiger partial charge in [-0.3, -0.25) is 4.79 Å². The number of alkyl halides is 3. The van der Waals surface area contributed by atoms with Crippen molar-refractivity contribution in [1.82, 2.24) is 4.98 Å². The first-order valence-electron chi connectivity index (χ1n) is 5.95. The fourth-order valence-electron chi connectivity index (χ4n) is 2.12. The lowest BCUT2D eigenvalue weighted by Gasteiger charge is -2.22. The maximum atomic E-state index is 12.3. The third-order valence-corrected chi connectivity index (χ3v) is 3.26. The van der Waals surface area contributed by atoms with E-state index in [2.05, 4.69) is 10.3 Å². The van der Waals surface area contributed by atoms with Gasteiger partial charge in [-0.2, -0.15) is 13.2 Å². The molecule has 0 spiro atoms. The van der Waals surface area contributed by atoms with Gasteiger partial charge in [-0.15, -0.1) is 0 Å². The van der Waals surface area contributed by atoms with E-state index in [4.69, 9.17) is 5.73 Å². The maximum Gasteiger partial charge on any atom is 0.433 e. The first kappa shape index (κ1) is 13.8. The summed E-state index contributed by atoms with van der Waals surface area (Å²) in [5, 5.41) is 2.51. The van der Waals surface area contributed by atoms with Crippen LogP contribution in [0, 0.1) is 0 Å². The van der Waals surface area contributed by atoms with Crippen molar-refractivity contribution < 1.29 is 18.0 Å². The minimum Gasteiger partial charge on any atom is -0.323 e. The number of hydrogen-bond acceptors (Lipinski definition) is 3. The first-order chi connectivity index (χ1) is 8.81. The summed E-state index contributed by atoms with van der Waals surface area (Å²) >= 11 is 0. The van der Waals surface area contributed by atoms with E-state index in [1.54, 1.807) is 0 Å². The predicted molar refractivity (Wildman–Crippen MR) is 63.3 cm³/mol. The van der Waals surface area contributed by atoms with E-state index in [9.17, 15) is 18.0 Å². The normalized spacial score (nSPS) is 18.3. The Bertz CT molecular complexity index is 464. The Hall–Kier alpha value is -1.63. The van der Waals surface area contributed by atoms with Crippen LogP contribution in [0.1, 0.15) is 31.4 Å². The van der Waals surface area contributed by atoms with Gasteiger partial charge in [0.2, 0.25) is 5.91 Å². The van der Waals surface area contributed by atoms with Crippen LogP contribution >= 0.6 is 0 Å². The Morgan fingerprint density at radius 3 is 2.42 bits per heavy atom. The van der Waals surface area contributed by atoms with E-state index in [1.807, 2.05) is 0 Å². The van der Waals surface area contributed by atoms with Gasteiger partial charge in [0.25, 0.3) is 0 Å². The van der Waals surface area contributed by atoms with Gasteiger partial charge in [-0.05, 0) is 25.0 Å². The molecule has 19 heavy (non-hydrogen) atoms. The summed E-state index contributed by atoms with van der Waals surface area (Å²) in [7, 11) is 0. The molecule has 3 N–H and O–H groups in total. The number of aromatic nitrogens is 1. The Morgan fingerprint density at radius 1 is 1.32 bits per heavy atom. The van der Waals surface area contributed by atoms with Gasteiger partial charge in [-0.1, -0.05) is 12.8 Å². The molecule has 104 valence electrons. The Kier molecular flexibility index (Phi) is 3.49. The molecule has 0 aliphatic heterocycles. The van der Waals surface area contributed by atoms with Gasteiger partial charge >= 0.3 is 6.18 Å². The summed E-state index contributed by atoms with van der Waals surface area (Å²) in [6.07, 6.45) is -0.549. The molecule has 1 aromatic heterocycles. The second-order valence-electron chi connectivity index (χ2n) is 4.75. The molecule has 0 bridgehead atoms. The third kappa shape index (κ3) is 3.04. The molecule has 1 fully saturated rings. The number of hydrogen-bond donors (Lipinski definition) is 2. The summed E-state index contributed by atoms with van der Waals surface area (Å²) in [6, 6.07) is 2.00. The minimum absolute atomic E-state index is 0.217. The molecule has 1 aliphatic rings. The van der Waals surface area contributed by atoms with E-state index in [-0.39, 0.29) is 11.6 Å². The molecule has 4 nitrogen and oxygen atoms in total. The third-order valence-electron chi connectivity index (χ3n) is 3.26. The lowest BCUT2D eigenvalue weighted by atomic mass is 9.98. The topological polar surface area (TPSA) is 68.0 Å². The van der Waals surface area contributed by atoms with Crippen LogP contribution in [0.25, 0.3) is 0 Å². The highest BCUT2D eigenvalue weighted by Crippen LogP contribution is 2.30. The summed E-state index contributed by atoms with van der Waals surface area (Å²) in [5.41, 5.74) is 4.25. The van der Waals surface area contributed by atoms with E-state index >= 15 is 0 Å². The molecule has 7 heteroatoms. The molecule has 1 amide bonds. The molecule has 0 radical (unpaired) electrons. The van der Waals surface area contributed by atoms with Gasteiger partial charge < -0.3 is 11.1 Å². The number of nitrogens with two attached hydrogens (primary N) is 1. The number of nitrogens with zero attached hydrogens (tertiary/aromatic N) is 1. The van der Waals surface area contributed by atoms with Crippen LogP contribution in [0.3, 0.4) is 0 Å². The van der Waals surface area contributed by atoms with E-state index in [0.29, 0.717) is 12.8 Å². The average Bonchev–Trinajstić information content (AvgIpc) is 2.77. The number of carbonyl (C=O) groups excluding carboxylic acids is 1. The SMILES string of the molecule is NC1(C(=O)Nc2ccc(C(F)(F)F)nc2)CCCC1. The van der Waals surface area contributed by atoms with E-state index in [0.717, 1.165) is 25.1 Å². The molecule has 1 saturated carbocycles. The largest absolute Gasteiger partial charge is 0.433 e. The molecule has 0 aromatic carbocycles. The first-order valence-corrected chi connectivity index (χ1v) is 5.95. The van der Waals surface area contributed by atoms with Crippen LogP contribution in [0.4, 0.5) is 18.9 Å². The van der Waals surface area contributed by atoms with Gasteiger partial charge in [0.1, 0.15) is 5.69 Å². The Morgan fingerprint density at radius 2 is 1.95 bits per heavy atom. The summed E-state index contributed by atoms with van der Waals surface area (Å²) in [4.78, 5) is 15.2. The number of halogens is 3. The second kappa shape index (κ2) is 4.80. The smallest absolute Gasteiger partial charge is 0.323 e. The highest BCUT2D eigenvalue weighted by Gasteiger charge is 2.37. The molecular formula is C12H14F3N3O. The fourth-order valence-corrected chi connectivity index (χ4v) is 2.12. The average molecular weight is 273 g/mol. The number of amides is 1. The monoisotopic (exact) mass is 273 g/mol. The molecule has 1 aromatic rings. The van der Waals surface area contributed by atoms with Gasteiger partial charge in [0, 0.05) is 0 Å². The number of pyridine rings is 1. The van der Waals surface area contributed by atoms with Crippen LogP contribution in [0.5, 0.6) is 0 Å². The zero-order chi connectivity index (χ0) is 14.1. The van der Waals surface area contributed by atoms with Crippen LogP contribution in [0.15, 0.2) is 18.3 Å². The highest BCUT2D eigenvalue weighted by atomic mass is 19.4. The van der Waals surface area contributed by atoms with Gasteiger partial charge in [0.15, 0.2) is 0 Å². The molecular weight excluding hydrogens is 259 g/mol. The number of rotatable bonds is 2. The highest BCUT2D eigenvalue weighted by molar-refractivity contribution is 5.98. The van der Waals surface area contributed by atoms with Crippen LogP contribution in [0.2, 0.25) is 0 Å². The summed E-state index contributed by atoms with van der Waals surface area (Å²) in [5.74, 6) is -0.369.